The number of hydrogen-bond acceptors (Lipinski definition) is 2. The van der Waals surface area contributed by atoms with Crippen LogP contribution in [0.3, 0.4) is 0 Å². The quantitative estimate of drug-likeness (QED) is 0.327. The van der Waals surface area contributed by atoms with Crippen LogP contribution in [0.5, 0.6) is 5.75 Å². The topological polar surface area (TPSA) is 29.5 Å². The molecule has 0 fully saturated rings. The summed E-state index contributed by atoms with van der Waals surface area (Å²) in [5.41, 5.74) is 5.68. The summed E-state index contributed by atoms with van der Waals surface area (Å²) in [5.74, 6) is 0.648. The predicted octanol–water partition coefficient (Wildman–Crippen LogP) is 6.99. The Morgan fingerprint density at radius 1 is 0.853 bits per heavy atom. The Morgan fingerprint density at radius 3 is 2.12 bits per heavy atom. The van der Waals surface area contributed by atoms with Crippen LogP contribution in [0, 0.1) is 6.92 Å². The fourth-order valence-corrected chi connectivity index (χ4v) is 4.80. The van der Waals surface area contributed by atoms with Gasteiger partial charge in [-0.15, -0.1) is 0 Å². The number of rotatable bonds is 5. The monoisotopic (exact) mass is 451 g/mol. The van der Waals surface area contributed by atoms with Crippen molar-refractivity contribution in [1.82, 2.24) is 4.90 Å². The van der Waals surface area contributed by atoms with Crippen LogP contribution >= 0.6 is 0 Å². The lowest BCUT2D eigenvalue weighted by atomic mass is 10.0. The van der Waals surface area contributed by atoms with Crippen molar-refractivity contribution in [3.8, 4) is 5.75 Å². The van der Waals surface area contributed by atoms with Gasteiger partial charge in [0.15, 0.2) is 0 Å². The van der Waals surface area contributed by atoms with Crippen LogP contribution in [0.4, 0.5) is 0 Å². The second kappa shape index (κ2) is 10.6. The molecule has 3 nitrogen and oxygen atoms in total. The molecule has 0 saturated carbocycles. The molecular weight excluding hydrogens is 418 g/mol. The van der Waals surface area contributed by atoms with E-state index in [1.54, 1.807) is 7.11 Å². The van der Waals surface area contributed by atoms with Crippen LogP contribution in [0.25, 0.3) is 10.8 Å². The Hall–Kier alpha value is -3.59. The molecule has 0 radical (unpaired) electrons. The van der Waals surface area contributed by atoms with Gasteiger partial charge in [-0.25, -0.2) is 0 Å². The molecule has 0 bridgehead atoms. The zero-order valence-corrected chi connectivity index (χ0v) is 20.5. The maximum atomic E-state index is 14.2. The van der Waals surface area contributed by atoms with E-state index >= 15 is 0 Å². The number of amides is 1. The molecule has 0 unspecified atom stereocenters. The number of methoxy groups -OCH3 is 1. The lowest BCUT2D eigenvalue weighted by molar-refractivity contribution is 0.0666. The van der Waals surface area contributed by atoms with E-state index in [-0.39, 0.29) is 11.9 Å². The van der Waals surface area contributed by atoms with Gasteiger partial charge >= 0.3 is 0 Å². The average Bonchev–Trinajstić information content (AvgIpc) is 3.32. The summed E-state index contributed by atoms with van der Waals surface area (Å²) in [6, 6.07) is 29.1. The molecule has 4 aromatic carbocycles. The summed E-state index contributed by atoms with van der Waals surface area (Å²) in [7, 11) is 1.64. The molecular formula is C31H33NO2. The van der Waals surface area contributed by atoms with Crippen molar-refractivity contribution in [1.29, 1.82) is 0 Å². The maximum Gasteiger partial charge on any atom is 0.258 e. The highest BCUT2D eigenvalue weighted by Crippen LogP contribution is 2.33. The summed E-state index contributed by atoms with van der Waals surface area (Å²) < 4.78 is 5.67. The first kappa shape index (κ1) is 23.6. The minimum atomic E-state index is 0.0250. The predicted molar refractivity (Wildman–Crippen MR) is 141 cm³/mol. The molecule has 1 aliphatic rings. The van der Waals surface area contributed by atoms with Crippen LogP contribution < -0.4 is 4.74 Å². The van der Waals surface area contributed by atoms with Crippen LogP contribution in [0.2, 0.25) is 0 Å². The molecule has 1 aliphatic carbocycles. The van der Waals surface area contributed by atoms with Crippen molar-refractivity contribution in [2.75, 3.05) is 7.11 Å². The smallest absolute Gasteiger partial charge is 0.258 e. The maximum absolute atomic E-state index is 14.2. The normalized spacial score (nSPS) is 12.6. The van der Waals surface area contributed by atoms with Gasteiger partial charge in [-0.2, -0.15) is 0 Å². The number of carbonyl (C=O) groups is 1. The van der Waals surface area contributed by atoms with Gasteiger partial charge in [-0.1, -0.05) is 98.3 Å². The summed E-state index contributed by atoms with van der Waals surface area (Å²) in [6.45, 7) is 6.66. The van der Waals surface area contributed by atoms with Gasteiger partial charge in [0.2, 0.25) is 0 Å². The number of ether oxygens (including phenoxy) is 1. The third-order valence-electron chi connectivity index (χ3n) is 6.53. The number of benzene rings is 4. The number of fused-ring (bicyclic) bond motifs is 2. The first-order chi connectivity index (χ1) is 16.6. The summed E-state index contributed by atoms with van der Waals surface area (Å²) in [5, 5.41) is 1.97. The molecule has 34 heavy (non-hydrogen) atoms. The lowest BCUT2D eigenvalue weighted by Crippen LogP contribution is -2.40. The van der Waals surface area contributed by atoms with Crippen molar-refractivity contribution >= 4 is 16.7 Å². The second-order valence-electron chi connectivity index (χ2n) is 8.61. The lowest BCUT2D eigenvalue weighted by Gasteiger charge is -2.30. The summed E-state index contributed by atoms with van der Waals surface area (Å²) in [6.07, 6.45) is 1.75. The van der Waals surface area contributed by atoms with Crippen molar-refractivity contribution < 1.29 is 9.53 Å². The molecule has 0 spiro atoms. The zero-order chi connectivity index (χ0) is 24.1. The van der Waals surface area contributed by atoms with Crippen molar-refractivity contribution in [2.24, 2.45) is 0 Å². The first-order valence-electron chi connectivity index (χ1n) is 12.1. The zero-order valence-electron chi connectivity index (χ0n) is 20.5. The van der Waals surface area contributed by atoms with Gasteiger partial charge in [-0.05, 0) is 53.3 Å². The molecule has 0 N–H and O–H groups in total. The van der Waals surface area contributed by atoms with Crippen LogP contribution in [0.1, 0.15) is 46.5 Å². The van der Waals surface area contributed by atoms with Gasteiger partial charge in [0.05, 0.1) is 12.7 Å². The number of nitrogens with zero attached hydrogens (tertiary/aromatic N) is 1. The Kier molecular flexibility index (Phi) is 7.32. The Bertz CT molecular complexity index is 1250. The highest BCUT2D eigenvalue weighted by Gasteiger charge is 2.32. The highest BCUT2D eigenvalue weighted by molar-refractivity contribution is 6.09. The van der Waals surface area contributed by atoms with Gasteiger partial charge in [0, 0.05) is 12.6 Å². The SMILES string of the molecule is CC.COc1ccc2ccccc2c1C(=O)N(Cc1ccc(C)cc1)C1Cc2ccccc2C1. The number of aryl methyl sites for hydroxylation is 1. The highest BCUT2D eigenvalue weighted by atomic mass is 16.5. The molecule has 0 aliphatic heterocycles. The van der Waals surface area contributed by atoms with E-state index in [9.17, 15) is 4.79 Å². The van der Waals surface area contributed by atoms with Crippen molar-refractivity contribution in [3.05, 3.63) is 113 Å². The van der Waals surface area contributed by atoms with E-state index < -0.39 is 0 Å². The van der Waals surface area contributed by atoms with Gasteiger partial charge < -0.3 is 9.64 Å². The standard InChI is InChI=1S/C29H27NO2.C2H6/c1-20-11-13-21(14-12-20)19-30(25-17-23-8-3-4-9-24(23)18-25)29(31)28-26-10-6-5-7-22(26)15-16-27(28)32-2;1-2/h3-16,25H,17-19H2,1-2H3;1-2H3. The Balaban J connectivity index is 0.00000133. The third kappa shape index (κ3) is 4.70. The van der Waals surface area contributed by atoms with E-state index in [1.807, 2.05) is 50.2 Å². The van der Waals surface area contributed by atoms with Gasteiger partial charge in [-0.3, -0.25) is 4.79 Å². The second-order valence-corrected chi connectivity index (χ2v) is 8.61. The number of hydrogen-bond donors (Lipinski definition) is 0. The van der Waals surface area contributed by atoms with E-state index in [0.717, 1.165) is 29.2 Å². The van der Waals surface area contributed by atoms with E-state index in [4.69, 9.17) is 4.74 Å². The molecule has 5 rings (SSSR count). The first-order valence-corrected chi connectivity index (χ1v) is 12.1. The van der Waals surface area contributed by atoms with E-state index in [1.165, 1.54) is 16.7 Å². The minimum absolute atomic E-state index is 0.0250. The van der Waals surface area contributed by atoms with Gasteiger partial charge in [0.25, 0.3) is 5.91 Å². The fraction of sp³-hybridized carbons (Fsp3) is 0.258. The molecule has 0 heterocycles. The van der Waals surface area contributed by atoms with Crippen molar-refractivity contribution in [2.45, 2.75) is 46.2 Å². The molecule has 0 saturated heterocycles. The molecule has 0 aromatic heterocycles. The van der Waals surface area contributed by atoms with E-state index in [2.05, 4.69) is 60.4 Å². The molecule has 3 heteroatoms. The Labute approximate surface area is 203 Å². The van der Waals surface area contributed by atoms with Crippen LogP contribution in [-0.4, -0.2) is 24.0 Å². The summed E-state index contributed by atoms with van der Waals surface area (Å²) in [4.78, 5) is 16.2. The number of carbonyl (C=O) groups excluding carboxylic acids is 1. The molecule has 174 valence electrons. The largest absolute Gasteiger partial charge is 0.496 e. The third-order valence-corrected chi connectivity index (χ3v) is 6.53. The molecule has 1 amide bonds. The molecule has 4 aromatic rings. The van der Waals surface area contributed by atoms with Crippen LogP contribution in [0.15, 0.2) is 84.9 Å². The van der Waals surface area contributed by atoms with Gasteiger partial charge in [0.1, 0.15) is 5.75 Å². The molecule has 0 atom stereocenters. The Morgan fingerprint density at radius 2 is 1.47 bits per heavy atom. The van der Waals surface area contributed by atoms with Crippen molar-refractivity contribution in [3.63, 3.8) is 0 Å². The summed E-state index contributed by atoms with van der Waals surface area (Å²) >= 11 is 0. The van der Waals surface area contributed by atoms with E-state index in [0.29, 0.717) is 17.9 Å². The average molecular weight is 452 g/mol. The minimum Gasteiger partial charge on any atom is -0.496 e. The fourth-order valence-electron chi connectivity index (χ4n) is 4.80. The van der Waals surface area contributed by atoms with Crippen LogP contribution in [-0.2, 0) is 19.4 Å².